The average Bonchev–Trinajstić information content (AvgIpc) is 2.96. The molecule has 0 saturated carbocycles. The smallest absolute Gasteiger partial charge is 0.323 e. The molecule has 2 amide bonds. The van der Waals surface area contributed by atoms with Gasteiger partial charge in [0.05, 0.1) is 0 Å². The summed E-state index contributed by atoms with van der Waals surface area (Å²) in [6, 6.07) is 1.75. The zero-order chi connectivity index (χ0) is 14.4. The van der Waals surface area contributed by atoms with Gasteiger partial charge in [0.15, 0.2) is 0 Å². The summed E-state index contributed by atoms with van der Waals surface area (Å²) in [5.74, 6) is -1.02. The van der Waals surface area contributed by atoms with E-state index in [0.29, 0.717) is 6.54 Å². The van der Waals surface area contributed by atoms with Crippen LogP contribution in [0.3, 0.4) is 0 Å². The van der Waals surface area contributed by atoms with E-state index < -0.39 is 5.97 Å². The Morgan fingerprint density at radius 1 is 1.40 bits per heavy atom. The molecule has 0 spiro atoms. The van der Waals surface area contributed by atoms with Gasteiger partial charge >= 0.3 is 12.0 Å². The Hall–Kier alpha value is -2.05. The highest BCUT2D eigenvalue weighted by atomic mass is 16.4. The Labute approximate surface area is 117 Å². The lowest BCUT2D eigenvalue weighted by Gasteiger charge is -2.35. The van der Waals surface area contributed by atoms with Crippen molar-refractivity contribution in [3.63, 3.8) is 0 Å². The second-order valence-electron chi connectivity index (χ2n) is 4.95. The lowest BCUT2D eigenvalue weighted by Crippen LogP contribution is -2.49. The van der Waals surface area contributed by atoms with Gasteiger partial charge in [-0.25, -0.2) is 4.79 Å². The molecule has 7 nitrogen and oxygen atoms in total. The van der Waals surface area contributed by atoms with Crippen molar-refractivity contribution >= 4 is 12.0 Å². The molecular weight excluding hydrogens is 260 g/mol. The first kappa shape index (κ1) is 14.4. The zero-order valence-electron chi connectivity index (χ0n) is 11.4. The van der Waals surface area contributed by atoms with Crippen molar-refractivity contribution in [2.45, 2.75) is 38.3 Å². The Morgan fingerprint density at radius 2 is 2.25 bits per heavy atom. The topological polar surface area (TPSA) is 87.5 Å². The maximum Gasteiger partial charge on any atom is 0.323 e. The fourth-order valence-corrected chi connectivity index (χ4v) is 2.53. The maximum atomic E-state index is 12.0. The number of piperidine rings is 1. The van der Waals surface area contributed by atoms with Crippen LogP contribution in [0.1, 0.15) is 25.7 Å². The molecule has 2 heterocycles. The first-order valence-corrected chi connectivity index (χ1v) is 6.90. The third-order valence-electron chi connectivity index (χ3n) is 3.53. The molecule has 1 aromatic heterocycles. The molecule has 7 heteroatoms. The van der Waals surface area contributed by atoms with Gasteiger partial charge in [0.25, 0.3) is 0 Å². The van der Waals surface area contributed by atoms with Crippen LogP contribution in [-0.4, -0.2) is 50.9 Å². The molecule has 1 fully saturated rings. The highest BCUT2D eigenvalue weighted by Crippen LogP contribution is 2.20. The van der Waals surface area contributed by atoms with Crippen LogP contribution in [-0.2, 0) is 11.3 Å². The minimum absolute atomic E-state index is 0.154. The Kier molecular flexibility index (Phi) is 4.97. The number of carbonyl (C=O) groups excluding carboxylic acids is 1. The first-order valence-electron chi connectivity index (χ1n) is 6.90. The van der Waals surface area contributed by atoms with Crippen LogP contribution in [0, 0.1) is 0 Å². The van der Waals surface area contributed by atoms with Gasteiger partial charge < -0.3 is 15.3 Å². The Bertz CT molecular complexity index is 446. The van der Waals surface area contributed by atoms with E-state index in [1.54, 1.807) is 11.1 Å². The minimum Gasteiger partial charge on any atom is -0.480 e. The summed E-state index contributed by atoms with van der Waals surface area (Å²) < 4.78 is 1.85. The van der Waals surface area contributed by atoms with Crippen LogP contribution >= 0.6 is 0 Å². The number of likely N-dealkylation sites (tertiary alicyclic amines) is 1. The molecule has 0 bridgehead atoms. The van der Waals surface area contributed by atoms with Crippen LogP contribution < -0.4 is 5.32 Å². The van der Waals surface area contributed by atoms with Crippen LogP contribution in [0.25, 0.3) is 0 Å². The first-order chi connectivity index (χ1) is 9.66. The van der Waals surface area contributed by atoms with Crippen LogP contribution in [0.15, 0.2) is 18.5 Å². The third-order valence-corrected chi connectivity index (χ3v) is 3.53. The van der Waals surface area contributed by atoms with Crippen molar-refractivity contribution in [3.8, 4) is 0 Å². The number of carboxylic acids is 1. The standard InChI is InChI=1S/C13H20N4O3/c18-12(19)10-14-13(20)17-8-2-1-4-11(17)5-9-16-7-3-6-15-16/h3,6-7,11H,1-2,4-5,8-10H2,(H,14,20)(H,18,19). The molecule has 2 N–H and O–H groups in total. The molecule has 20 heavy (non-hydrogen) atoms. The van der Waals surface area contributed by atoms with Crippen molar-refractivity contribution in [2.75, 3.05) is 13.1 Å². The number of urea groups is 1. The number of nitrogens with one attached hydrogen (secondary N) is 1. The number of aryl methyl sites for hydroxylation is 1. The summed E-state index contributed by atoms with van der Waals surface area (Å²) in [5, 5.41) is 15.2. The van der Waals surface area contributed by atoms with Gasteiger partial charge in [0, 0.05) is 31.5 Å². The molecule has 1 aliphatic rings. The van der Waals surface area contributed by atoms with Gasteiger partial charge in [-0.15, -0.1) is 0 Å². The van der Waals surface area contributed by atoms with Crippen LogP contribution in [0.5, 0.6) is 0 Å². The summed E-state index contributed by atoms with van der Waals surface area (Å²) in [6.45, 7) is 1.12. The lowest BCUT2D eigenvalue weighted by molar-refractivity contribution is -0.135. The van der Waals surface area contributed by atoms with Crippen LogP contribution in [0.2, 0.25) is 0 Å². The molecule has 1 aromatic rings. The van der Waals surface area contributed by atoms with E-state index in [2.05, 4.69) is 10.4 Å². The fourth-order valence-electron chi connectivity index (χ4n) is 2.53. The van der Waals surface area contributed by atoms with E-state index in [1.807, 2.05) is 16.9 Å². The number of nitrogens with zero attached hydrogens (tertiary/aromatic N) is 3. The van der Waals surface area contributed by atoms with Gasteiger partial charge in [-0.1, -0.05) is 0 Å². The molecule has 0 radical (unpaired) electrons. The summed E-state index contributed by atoms with van der Waals surface area (Å²) in [4.78, 5) is 24.3. The number of carbonyl (C=O) groups is 2. The molecule has 110 valence electrons. The van der Waals surface area contributed by atoms with Crippen molar-refractivity contribution in [1.82, 2.24) is 20.0 Å². The molecular formula is C13H20N4O3. The quantitative estimate of drug-likeness (QED) is 0.839. The number of aliphatic carboxylic acids is 1. The molecule has 1 atom stereocenters. The van der Waals surface area contributed by atoms with Gasteiger partial charge in [-0.05, 0) is 31.7 Å². The number of carboxylic acid groups (broad SMARTS) is 1. The monoisotopic (exact) mass is 280 g/mol. The zero-order valence-corrected chi connectivity index (χ0v) is 11.4. The Morgan fingerprint density at radius 3 is 2.95 bits per heavy atom. The van der Waals surface area contributed by atoms with E-state index in [1.165, 1.54) is 0 Å². The predicted octanol–water partition coefficient (Wildman–Crippen LogP) is 0.922. The van der Waals surface area contributed by atoms with Crippen molar-refractivity contribution in [2.24, 2.45) is 0 Å². The second kappa shape index (κ2) is 6.93. The average molecular weight is 280 g/mol. The molecule has 0 aliphatic carbocycles. The SMILES string of the molecule is O=C(O)CNC(=O)N1CCCCC1CCn1cccn1. The Balaban J connectivity index is 1.87. The van der Waals surface area contributed by atoms with E-state index in [-0.39, 0.29) is 18.6 Å². The van der Waals surface area contributed by atoms with E-state index in [9.17, 15) is 9.59 Å². The highest BCUT2D eigenvalue weighted by molar-refractivity contribution is 5.80. The second-order valence-corrected chi connectivity index (χ2v) is 4.95. The van der Waals surface area contributed by atoms with Crippen LogP contribution in [0.4, 0.5) is 4.79 Å². The number of rotatable bonds is 5. The predicted molar refractivity (Wildman–Crippen MR) is 72.2 cm³/mol. The van der Waals surface area contributed by atoms with E-state index >= 15 is 0 Å². The largest absolute Gasteiger partial charge is 0.480 e. The van der Waals surface area contributed by atoms with Gasteiger partial charge in [0.2, 0.25) is 0 Å². The normalized spacial score (nSPS) is 18.8. The number of hydrogen-bond acceptors (Lipinski definition) is 3. The summed E-state index contributed by atoms with van der Waals surface area (Å²) in [6.07, 6.45) is 7.51. The van der Waals surface area contributed by atoms with Gasteiger partial charge in [-0.2, -0.15) is 5.10 Å². The number of amides is 2. The van der Waals surface area contributed by atoms with Gasteiger partial charge in [-0.3, -0.25) is 9.48 Å². The van der Waals surface area contributed by atoms with Crippen molar-refractivity contribution in [1.29, 1.82) is 0 Å². The van der Waals surface area contributed by atoms with E-state index in [0.717, 1.165) is 32.2 Å². The number of hydrogen-bond donors (Lipinski definition) is 2. The molecule has 1 saturated heterocycles. The maximum absolute atomic E-state index is 12.0. The molecule has 0 aromatic carbocycles. The highest BCUT2D eigenvalue weighted by Gasteiger charge is 2.26. The minimum atomic E-state index is -1.02. The van der Waals surface area contributed by atoms with E-state index in [4.69, 9.17) is 5.11 Å². The molecule has 1 unspecified atom stereocenters. The van der Waals surface area contributed by atoms with Crippen molar-refractivity contribution in [3.05, 3.63) is 18.5 Å². The lowest BCUT2D eigenvalue weighted by atomic mass is 10.00. The third kappa shape index (κ3) is 3.97. The van der Waals surface area contributed by atoms with Crippen molar-refractivity contribution < 1.29 is 14.7 Å². The summed E-state index contributed by atoms with van der Waals surface area (Å²) in [7, 11) is 0. The molecule has 2 rings (SSSR count). The number of aromatic nitrogens is 2. The summed E-state index contributed by atoms with van der Waals surface area (Å²) in [5.41, 5.74) is 0. The summed E-state index contributed by atoms with van der Waals surface area (Å²) >= 11 is 0. The fraction of sp³-hybridized carbons (Fsp3) is 0.615. The van der Waals surface area contributed by atoms with Gasteiger partial charge in [0.1, 0.15) is 6.54 Å². The molecule has 1 aliphatic heterocycles.